The van der Waals surface area contributed by atoms with Gasteiger partial charge in [-0.1, -0.05) is 79.6 Å². The van der Waals surface area contributed by atoms with E-state index < -0.39 is 30.5 Å². The summed E-state index contributed by atoms with van der Waals surface area (Å²) in [5.74, 6) is -2.11. The van der Waals surface area contributed by atoms with E-state index >= 15 is 0 Å². The Labute approximate surface area is 293 Å². The summed E-state index contributed by atoms with van der Waals surface area (Å²) in [6, 6.07) is 33.4. The Bertz CT molecular complexity index is 1840. The Kier molecular flexibility index (Phi) is 11.1. The molecular formula is C42H44N2O6. The van der Waals surface area contributed by atoms with Crippen LogP contribution in [0.1, 0.15) is 44.6 Å². The average molecular weight is 673 g/mol. The molecule has 0 bridgehead atoms. The number of carbonyl (C=O) groups is 2. The molecule has 6 rings (SSSR count). The number of aromatic hydroxyl groups is 1. The van der Waals surface area contributed by atoms with Gasteiger partial charge in [0.25, 0.3) is 0 Å². The van der Waals surface area contributed by atoms with Gasteiger partial charge in [0.1, 0.15) is 18.1 Å². The van der Waals surface area contributed by atoms with E-state index in [1.165, 1.54) is 4.90 Å². The minimum Gasteiger partial charge on any atom is -0.507 e. The number of phenolic OH excluding ortho intramolecular Hbond substituents is 1. The number of amides is 2. The third-order valence-electron chi connectivity index (χ3n) is 9.69. The van der Waals surface area contributed by atoms with Gasteiger partial charge in [-0.05, 0) is 91.4 Å². The molecule has 1 saturated heterocycles. The third kappa shape index (κ3) is 7.67. The van der Waals surface area contributed by atoms with Gasteiger partial charge in [0.15, 0.2) is 0 Å². The van der Waals surface area contributed by atoms with Crippen LogP contribution in [-0.2, 0) is 9.59 Å². The van der Waals surface area contributed by atoms with Crippen LogP contribution >= 0.6 is 0 Å². The second-order valence-electron chi connectivity index (χ2n) is 13.0. The smallest absolute Gasteiger partial charge is 0.238 e. The number of aliphatic hydroxyl groups is 2. The minimum atomic E-state index is -0.979. The topological polar surface area (TPSA) is 119 Å². The number of aliphatic hydroxyl groups excluding tert-OH is 2. The number of ether oxygens (including phenoxy) is 1. The van der Waals surface area contributed by atoms with Gasteiger partial charge in [-0.3, -0.25) is 14.5 Å². The second-order valence-corrected chi connectivity index (χ2v) is 13.0. The number of benzene rings is 4. The number of imide groups is 1. The monoisotopic (exact) mass is 672 g/mol. The first-order valence-electron chi connectivity index (χ1n) is 17.3. The Morgan fingerprint density at radius 1 is 0.880 bits per heavy atom. The van der Waals surface area contributed by atoms with Crippen molar-refractivity contribution in [3.63, 3.8) is 0 Å². The van der Waals surface area contributed by atoms with Gasteiger partial charge in [0, 0.05) is 22.9 Å². The molecule has 0 aromatic heterocycles. The number of para-hydroxylation sites is 3. The predicted octanol–water partition coefficient (Wildman–Crippen LogP) is 7.65. The molecule has 0 spiro atoms. The zero-order valence-electron chi connectivity index (χ0n) is 28.2. The molecule has 8 heteroatoms. The van der Waals surface area contributed by atoms with Crippen molar-refractivity contribution in [2.24, 2.45) is 17.8 Å². The van der Waals surface area contributed by atoms with Crippen molar-refractivity contribution < 1.29 is 29.6 Å². The molecule has 0 radical (unpaired) electrons. The van der Waals surface area contributed by atoms with Crippen molar-refractivity contribution >= 4 is 35.0 Å². The van der Waals surface area contributed by atoms with Crippen LogP contribution in [0.5, 0.6) is 11.5 Å². The molecule has 4 aromatic rings. The summed E-state index contributed by atoms with van der Waals surface area (Å²) in [5, 5.41) is 36.4. The number of hydrogen-bond donors (Lipinski definition) is 4. The number of allylic oxidation sites excluding steroid dienone is 1. The number of rotatable bonds is 14. The van der Waals surface area contributed by atoms with Crippen molar-refractivity contribution in [3.8, 4) is 11.5 Å². The molecule has 4 aromatic carbocycles. The molecule has 2 amide bonds. The standard InChI is InChI=1S/C42H44N2O6/c1-2-11-28(24-29-12-9-10-17-37(29)46)18-23-38(47)39-30(27-50-34-15-7-4-8-16-34)25-35-40(36(39)26-45)42(49)44(41(35)48)33-21-19-32(20-22-33)43-31-13-5-3-6-14-31/h3-10,12-17,19-22,24,35-36,38,40,43,45-47H,2,11,18,23,25-27H2,1H3/b28-24+/t35-,36+,38-,40-/m1/s1. The average Bonchev–Trinajstić information content (AvgIpc) is 3.39. The molecular weight excluding hydrogens is 628 g/mol. The van der Waals surface area contributed by atoms with Crippen molar-refractivity contribution in [3.05, 3.63) is 131 Å². The highest BCUT2D eigenvalue weighted by atomic mass is 16.5. The number of anilines is 3. The summed E-state index contributed by atoms with van der Waals surface area (Å²) in [6.07, 6.45) is 3.81. The van der Waals surface area contributed by atoms with E-state index in [0.29, 0.717) is 29.9 Å². The molecule has 2 aliphatic rings. The number of fused-ring (bicyclic) bond motifs is 1. The van der Waals surface area contributed by atoms with Crippen molar-refractivity contribution in [2.75, 3.05) is 23.4 Å². The van der Waals surface area contributed by atoms with Gasteiger partial charge >= 0.3 is 0 Å². The van der Waals surface area contributed by atoms with Gasteiger partial charge < -0.3 is 25.4 Å². The van der Waals surface area contributed by atoms with Crippen LogP contribution in [-0.4, -0.2) is 46.5 Å². The number of phenols is 1. The van der Waals surface area contributed by atoms with Gasteiger partial charge in [-0.25, -0.2) is 0 Å². The fourth-order valence-corrected chi connectivity index (χ4v) is 7.31. The SMILES string of the molecule is CCC/C(=C\c1ccccc1O)CC[C@@H](O)C1=C(COc2ccccc2)C[C@H]2C(=O)N(c3ccc(Nc4ccccc4)cc3)C(=O)[C@H]2[C@H]1CO. The maximum atomic E-state index is 14.1. The first-order valence-corrected chi connectivity index (χ1v) is 17.3. The lowest BCUT2D eigenvalue weighted by Crippen LogP contribution is -2.40. The highest BCUT2D eigenvalue weighted by Gasteiger charge is 2.55. The first kappa shape index (κ1) is 34.7. The number of nitrogens with zero attached hydrogens (tertiary/aromatic N) is 1. The fraction of sp³-hybridized carbons (Fsp3) is 0.286. The zero-order valence-corrected chi connectivity index (χ0v) is 28.2. The number of carbonyl (C=O) groups excluding carboxylic acids is 2. The van der Waals surface area contributed by atoms with E-state index in [4.69, 9.17) is 4.74 Å². The molecule has 1 heterocycles. The Balaban J connectivity index is 1.27. The van der Waals surface area contributed by atoms with Crippen LogP contribution in [0.25, 0.3) is 6.08 Å². The first-order chi connectivity index (χ1) is 24.4. The summed E-state index contributed by atoms with van der Waals surface area (Å²) in [6.45, 7) is 1.80. The lowest BCUT2D eigenvalue weighted by atomic mass is 9.68. The maximum absolute atomic E-state index is 14.1. The summed E-state index contributed by atoms with van der Waals surface area (Å²) < 4.78 is 6.15. The molecule has 0 saturated carbocycles. The highest BCUT2D eigenvalue weighted by Crippen LogP contribution is 2.47. The summed E-state index contributed by atoms with van der Waals surface area (Å²) in [4.78, 5) is 29.4. The molecule has 4 N–H and O–H groups in total. The summed E-state index contributed by atoms with van der Waals surface area (Å²) in [5.41, 5.74) is 5.30. The second kappa shape index (κ2) is 16.0. The van der Waals surface area contributed by atoms with Crippen LogP contribution in [0.4, 0.5) is 17.1 Å². The van der Waals surface area contributed by atoms with E-state index in [2.05, 4.69) is 12.2 Å². The van der Waals surface area contributed by atoms with Crippen molar-refractivity contribution in [1.29, 1.82) is 0 Å². The number of hydrogen-bond acceptors (Lipinski definition) is 7. The Morgan fingerprint density at radius 3 is 2.22 bits per heavy atom. The molecule has 0 unspecified atom stereocenters. The lowest BCUT2D eigenvalue weighted by Gasteiger charge is -2.36. The lowest BCUT2D eigenvalue weighted by molar-refractivity contribution is -0.123. The van der Waals surface area contributed by atoms with Crippen LogP contribution in [0.15, 0.2) is 126 Å². The van der Waals surface area contributed by atoms with Crippen molar-refractivity contribution in [2.45, 2.75) is 45.1 Å². The molecule has 1 aliphatic heterocycles. The maximum Gasteiger partial charge on any atom is 0.238 e. The quantitative estimate of drug-likeness (QED) is 0.0803. The van der Waals surface area contributed by atoms with E-state index in [0.717, 1.165) is 40.9 Å². The van der Waals surface area contributed by atoms with E-state index in [1.807, 2.05) is 91.0 Å². The molecule has 258 valence electrons. The normalized spacial score (nSPS) is 19.8. The Hall–Kier alpha value is -5.18. The zero-order chi connectivity index (χ0) is 35.0. The predicted molar refractivity (Wildman–Crippen MR) is 196 cm³/mol. The minimum absolute atomic E-state index is 0.118. The van der Waals surface area contributed by atoms with Crippen LogP contribution in [0, 0.1) is 17.8 Å². The molecule has 1 fully saturated rings. The molecule has 8 nitrogen and oxygen atoms in total. The number of nitrogens with one attached hydrogen (secondary N) is 1. The molecule has 50 heavy (non-hydrogen) atoms. The summed E-state index contributed by atoms with van der Waals surface area (Å²) in [7, 11) is 0. The third-order valence-corrected chi connectivity index (χ3v) is 9.69. The van der Waals surface area contributed by atoms with Crippen molar-refractivity contribution in [1.82, 2.24) is 0 Å². The van der Waals surface area contributed by atoms with E-state index in [9.17, 15) is 24.9 Å². The highest BCUT2D eigenvalue weighted by molar-refractivity contribution is 6.22. The summed E-state index contributed by atoms with van der Waals surface area (Å²) >= 11 is 0. The van der Waals surface area contributed by atoms with Gasteiger partial charge in [0.05, 0.1) is 30.2 Å². The van der Waals surface area contributed by atoms with Gasteiger partial charge in [0.2, 0.25) is 11.8 Å². The molecule has 4 atom stereocenters. The van der Waals surface area contributed by atoms with E-state index in [-0.39, 0.29) is 30.6 Å². The van der Waals surface area contributed by atoms with E-state index in [1.54, 1.807) is 24.3 Å². The van der Waals surface area contributed by atoms with Crippen LogP contribution in [0.2, 0.25) is 0 Å². The largest absolute Gasteiger partial charge is 0.507 e. The fourth-order valence-electron chi connectivity index (χ4n) is 7.31. The van der Waals surface area contributed by atoms with Crippen LogP contribution < -0.4 is 15.0 Å². The van der Waals surface area contributed by atoms with Gasteiger partial charge in [-0.2, -0.15) is 0 Å². The van der Waals surface area contributed by atoms with Crippen LogP contribution in [0.3, 0.4) is 0 Å². The van der Waals surface area contributed by atoms with Gasteiger partial charge in [-0.15, -0.1) is 0 Å². The Morgan fingerprint density at radius 2 is 1.54 bits per heavy atom. The molecule has 1 aliphatic carbocycles.